The molecular formula is C18H22N4O2. The first-order chi connectivity index (χ1) is 11.7. The Morgan fingerprint density at radius 1 is 1.17 bits per heavy atom. The van der Waals surface area contributed by atoms with Crippen molar-refractivity contribution in [2.45, 2.75) is 19.8 Å². The molecule has 0 bridgehead atoms. The second kappa shape index (κ2) is 7.29. The number of nitrogens with zero attached hydrogens (tertiary/aromatic N) is 3. The van der Waals surface area contributed by atoms with Crippen LogP contribution in [0.1, 0.15) is 30.3 Å². The minimum Gasteiger partial charge on any atom is -0.497 e. The molecule has 24 heavy (non-hydrogen) atoms. The molecular weight excluding hydrogens is 304 g/mol. The number of piperidine rings is 1. The zero-order chi connectivity index (χ0) is 16.9. The Morgan fingerprint density at radius 2 is 1.88 bits per heavy atom. The number of carbonyl (C=O) groups is 1. The fourth-order valence-electron chi connectivity index (χ4n) is 2.70. The standard InChI is InChI=1S/C18H22N4O2/c1-13-7-9-22(10-8-13)18(23)16-11-20-17(12-19-16)21-14-3-5-15(24-2)6-4-14/h3-6,11-13H,7-10H2,1-2H3,(H,20,21). The maximum Gasteiger partial charge on any atom is 0.274 e. The lowest BCUT2D eigenvalue weighted by molar-refractivity contribution is 0.0691. The number of likely N-dealkylation sites (tertiary alicyclic amines) is 1. The van der Waals surface area contributed by atoms with E-state index in [2.05, 4.69) is 22.2 Å². The van der Waals surface area contributed by atoms with E-state index in [1.54, 1.807) is 13.3 Å². The summed E-state index contributed by atoms with van der Waals surface area (Å²) in [5, 5.41) is 3.15. The number of hydrogen-bond donors (Lipinski definition) is 1. The van der Waals surface area contributed by atoms with Gasteiger partial charge < -0.3 is 15.0 Å². The van der Waals surface area contributed by atoms with Crippen LogP contribution in [0.3, 0.4) is 0 Å². The maximum atomic E-state index is 12.4. The second-order valence-electron chi connectivity index (χ2n) is 6.12. The first kappa shape index (κ1) is 16.2. The number of amides is 1. The highest BCUT2D eigenvalue weighted by Gasteiger charge is 2.22. The Hall–Kier alpha value is -2.63. The minimum atomic E-state index is -0.0367. The summed E-state index contributed by atoms with van der Waals surface area (Å²) in [5.74, 6) is 2.05. The summed E-state index contributed by atoms with van der Waals surface area (Å²) >= 11 is 0. The van der Waals surface area contributed by atoms with Gasteiger partial charge in [-0.15, -0.1) is 0 Å². The van der Waals surface area contributed by atoms with E-state index in [4.69, 9.17) is 4.74 Å². The van der Waals surface area contributed by atoms with Crippen LogP contribution in [0.15, 0.2) is 36.7 Å². The van der Waals surface area contributed by atoms with E-state index in [0.717, 1.165) is 37.4 Å². The van der Waals surface area contributed by atoms with Gasteiger partial charge in [0, 0.05) is 18.8 Å². The van der Waals surface area contributed by atoms with E-state index in [9.17, 15) is 4.79 Å². The average molecular weight is 326 g/mol. The lowest BCUT2D eigenvalue weighted by Crippen LogP contribution is -2.38. The van der Waals surface area contributed by atoms with Crippen LogP contribution >= 0.6 is 0 Å². The van der Waals surface area contributed by atoms with E-state index in [1.807, 2.05) is 29.2 Å². The molecule has 126 valence electrons. The van der Waals surface area contributed by atoms with Crippen molar-refractivity contribution in [3.63, 3.8) is 0 Å². The van der Waals surface area contributed by atoms with E-state index >= 15 is 0 Å². The minimum absolute atomic E-state index is 0.0367. The van der Waals surface area contributed by atoms with Gasteiger partial charge in [-0.3, -0.25) is 4.79 Å². The third-order valence-corrected chi connectivity index (χ3v) is 4.30. The summed E-state index contributed by atoms with van der Waals surface area (Å²) < 4.78 is 5.13. The smallest absolute Gasteiger partial charge is 0.274 e. The number of benzene rings is 1. The van der Waals surface area contributed by atoms with E-state index in [1.165, 1.54) is 6.20 Å². The molecule has 1 saturated heterocycles. The number of nitrogens with one attached hydrogen (secondary N) is 1. The summed E-state index contributed by atoms with van der Waals surface area (Å²) in [4.78, 5) is 22.9. The molecule has 2 aromatic rings. The Balaban J connectivity index is 1.63. The number of aromatic nitrogens is 2. The van der Waals surface area contributed by atoms with E-state index in [0.29, 0.717) is 17.4 Å². The first-order valence-corrected chi connectivity index (χ1v) is 8.18. The molecule has 1 aromatic carbocycles. The van der Waals surface area contributed by atoms with Crippen LogP contribution in [-0.4, -0.2) is 41.0 Å². The van der Waals surface area contributed by atoms with Crippen LogP contribution in [0.25, 0.3) is 0 Å². The Kier molecular flexibility index (Phi) is 4.93. The molecule has 1 N–H and O–H groups in total. The molecule has 6 nitrogen and oxygen atoms in total. The number of carbonyl (C=O) groups excluding carboxylic acids is 1. The van der Waals surface area contributed by atoms with Crippen molar-refractivity contribution in [1.29, 1.82) is 0 Å². The van der Waals surface area contributed by atoms with E-state index < -0.39 is 0 Å². The number of rotatable bonds is 4. The summed E-state index contributed by atoms with van der Waals surface area (Å²) in [6, 6.07) is 7.53. The fourth-order valence-corrected chi connectivity index (χ4v) is 2.70. The van der Waals surface area contributed by atoms with Gasteiger partial charge in [0.1, 0.15) is 17.3 Å². The van der Waals surface area contributed by atoms with Gasteiger partial charge >= 0.3 is 0 Å². The van der Waals surface area contributed by atoms with Crippen LogP contribution in [0.4, 0.5) is 11.5 Å². The van der Waals surface area contributed by atoms with Crippen LogP contribution in [0.2, 0.25) is 0 Å². The van der Waals surface area contributed by atoms with Crippen molar-refractivity contribution in [3.05, 3.63) is 42.4 Å². The van der Waals surface area contributed by atoms with Crippen molar-refractivity contribution >= 4 is 17.4 Å². The second-order valence-corrected chi connectivity index (χ2v) is 6.12. The molecule has 1 aliphatic heterocycles. The van der Waals surface area contributed by atoms with E-state index in [-0.39, 0.29) is 5.91 Å². The van der Waals surface area contributed by atoms with Gasteiger partial charge in [0.15, 0.2) is 0 Å². The fraction of sp³-hybridized carbons (Fsp3) is 0.389. The normalized spacial score (nSPS) is 15.2. The molecule has 0 saturated carbocycles. The Bertz CT molecular complexity index is 677. The van der Waals surface area contributed by atoms with Crippen molar-refractivity contribution < 1.29 is 9.53 Å². The lowest BCUT2D eigenvalue weighted by atomic mass is 9.99. The summed E-state index contributed by atoms with van der Waals surface area (Å²) in [6.45, 7) is 3.82. The first-order valence-electron chi connectivity index (χ1n) is 8.18. The molecule has 6 heteroatoms. The Morgan fingerprint density at radius 3 is 2.46 bits per heavy atom. The maximum absolute atomic E-state index is 12.4. The van der Waals surface area contributed by atoms with Gasteiger partial charge in [-0.1, -0.05) is 6.92 Å². The van der Waals surface area contributed by atoms with Crippen LogP contribution in [0, 0.1) is 5.92 Å². The molecule has 0 atom stereocenters. The highest BCUT2D eigenvalue weighted by molar-refractivity contribution is 5.92. The van der Waals surface area contributed by atoms with Gasteiger partial charge in [0.05, 0.1) is 19.5 Å². The summed E-state index contributed by atoms with van der Waals surface area (Å²) in [6.07, 6.45) is 5.23. The highest BCUT2D eigenvalue weighted by atomic mass is 16.5. The third kappa shape index (κ3) is 3.82. The number of anilines is 2. The van der Waals surface area contributed by atoms with Crippen molar-refractivity contribution in [1.82, 2.24) is 14.9 Å². The molecule has 1 aliphatic rings. The number of methoxy groups -OCH3 is 1. The average Bonchev–Trinajstić information content (AvgIpc) is 2.63. The lowest BCUT2D eigenvalue weighted by Gasteiger charge is -2.29. The predicted octanol–water partition coefficient (Wildman–Crippen LogP) is 3.10. The van der Waals surface area contributed by atoms with Gasteiger partial charge in [0.2, 0.25) is 0 Å². The van der Waals surface area contributed by atoms with Crippen LogP contribution in [0.5, 0.6) is 5.75 Å². The summed E-state index contributed by atoms with van der Waals surface area (Å²) in [7, 11) is 1.63. The molecule has 0 spiro atoms. The zero-order valence-electron chi connectivity index (χ0n) is 14.0. The molecule has 1 fully saturated rings. The monoisotopic (exact) mass is 326 g/mol. The van der Waals surface area contributed by atoms with Crippen molar-refractivity contribution in [2.24, 2.45) is 5.92 Å². The highest BCUT2D eigenvalue weighted by Crippen LogP contribution is 2.19. The third-order valence-electron chi connectivity index (χ3n) is 4.30. The van der Waals surface area contributed by atoms with Gasteiger partial charge in [-0.25, -0.2) is 9.97 Å². The van der Waals surface area contributed by atoms with Crippen LogP contribution < -0.4 is 10.1 Å². The molecule has 2 heterocycles. The number of hydrogen-bond acceptors (Lipinski definition) is 5. The number of ether oxygens (including phenoxy) is 1. The molecule has 1 aromatic heterocycles. The molecule has 0 radical (unpaired) electrons. The van der Waals surface area contributed by atoms with Gasteiger partial charge in [-0.2, -0.15) is 0 Å². The largest absolute Gasteiger partial charge is 0.497 e. The molecule has 0 aliphatic carbocycles. The van der Waals surface area contributed by atoms with Gasteiger partial charge in [-0.05, 0) is 43.0 Å². The molecule has 3 rings (SSSR count). The molecule has 0 unspecified atom stereocenters. The van der Waals surface area contributed by atoms with Gasteiger partial charge in [0.25, 0.3) is 5.91 Å². The topological polar surface area (TPSA) is 67.3 Å². The van der Waals surface area contributed by atoms with Crippen LogP contribution in [-0.2, 0) is 0 Å². The molecule has 1 amide bonds. The zero-order valence-corrected chi connectivity index (χ0v) is 14.0. The van der Waals surface area contributed by atoms with Crippen molar-refractivity contribution in [3.8, 4) is 5.75 Å². The quantitative estimate of drug-likeness (QED) is 0.935. The summed E-state index contributed by atoms with van der Waals surface area (Å²) in [5.41, 5.74) is 1.28. The Labute approximate surface area is 141 Å². The predicted molar refractivity (Wildman–Crippen MR) is 92.6 cm³/mol. The SMILES string of the molecule is COc1ccc(Nc2cnc(C(=O)N3CCC(C)CC3)cn2)cc1. The van der Waals surface area contributed by atoms with Crippen molar-refractivity contribution in [2.75, 3.05) is 25.5 Å².